The van der Waals surface area contributed by atoms with Crippen molar-refractivity contribution in [1.29, 1.82) is 0 Å². The van der Waals surface area contributed by atoms with Crippen molar-refractivity contribution in [3.05, 3.63) is 0 Å². The molecule has 0 aromatic carbocycles. The fourth-order valence-electron chi connectivity index (χ4n) is 0.0913. The first-order valence-corrected chi connectivity index (χ1v) is 2.91. The monoisotopic (exact) mass is 93.0 g/mol. The maximum atomic E-state index is 8.05. The van der Waals surface area contributed by atoms with Gasteiger partial charge in [-0.15, -0.1) is 0 Å². The predicted octanol–water partition coefficient (Wildman–Crippen LogP) is 0.342. The van der Waals surface area contributed by atoms with Crippen LogP contribution in [0.15, 0.2) is 0 Å². The van der Waals surface area contributed by atoms with Crippen LogP contribution in [0, 0.1) is 0 Å². The zero-order valence-electron chi connectivity index (χ0n) is 3.27. The molecule has 5 heavy (non-hydrogen) atoms. The topological polar surface area (TPSA) is 20.2 Å². The molecule has 0 saturated heterocycles. The summed E-state index contributed by atoms with van der Waals surface area (Å²) in [6, 6.07) is 0. The number of hydrogen-bond donors (Lipinski definition) is 1. The van der Waals surface area contributed by atoms with Gasteiger partial charge in [-0.3, -0.25) is 0 Å². The average molecular weight is 93.2 g/mol. The Balaban J connectivity index is 2.19. The normalized spacial score (nSPS) is 8.40. The average Bonchev–Trinajstić information content (AvgIpc) is 1.41. The highest BCUT2D eigenvalue weighted by atomic mass is 32.2. The Bertz CT molecular complexity index is 14.4. The van der Waals surface area contributed by atoms with Crippen molar-refractivity contribution in [3.8, 4) is 0 Å². The highest BCUT2D eigenvalue weighted by Gasteiger charge is 1.68. The Hall–Kier alpha value is 0.310. The molecule has 0 aromatic rings. The lowest BCUT2D eigenvalue weighted by Crippen LogP contribution is -1.81. The van der Waals surface area contributed by atoms with Gasteiger partial charge < -0.3 is 5.11 Å². The fourth-order valence-corrected chi connectivity index (χ4v) is 0.274. The summed E-state index contributed by atoms with van der Waals surface area (Å²) in [5.74, 6) is 0.861. The van der Waals surface area contributed by atoms with E-state index in [9.17, 15) is 0 Å². The van der Waals surface area contributed by atoms with Crippen LogP contribution in [0.25, 0.3) is 0 Å². The van der Waals surface area contributed by atoms with E-state index < -0.39 is 0 Å². The van der Waals surface area contributed by atoms with Gasteiger partial charge in [0.1, 0.15) is 0 Å². The van der Waals surface area contributed by atoms with E-state index in [1.807, 2.05) is 6.26 Å². The minimum absolute atomic E-state index is 0.307. The molecule has 0 rings (SSSR count). The third-order valence-corrected chi connectivity index (χ3v) is 0.886. The van der Waals surface area contributed by atoms with Crippen molar-refractivity contribution in [3.63, 3.8) is 0 Å². The summed E-state index contributed by atoms with van der Waals surface area (Å²) < 4.78 is 0. The molecule has 2 heteroatoms. The second-order valence-corrected chi connectivity index (χ2v) is 1.70. The standard InChI is InChI=1S/C3H8OS/c1-5-3-2-4/h4H,2-3H2,1H3/i2+1. The molecule has 0 aromatic heterocycles. The van der Waals surface area contributed by atoms with E-state index in [1.165, 1.54) is 0 Å². The van der Waals surface area contributed by atoms with Gasteiger partial charge in [-0.05, 0) is 6.26 Å². The van der Waals surface area contributed by atoms with E-state index in [1.54, 1.807) is 11.8 Å². The summed E-state index contributed by atoms with van der Waals surface area (Å²) in [5, 5.41) is 8.05. The molecule has 0 unspecified atom stereocenters. The number of aliphatic hydroxyl groups is 1. The summed E-state index contributed by atoms with van der Waals surface area (Å²) in [4.78, 5) is 0. The van der Waals surface area contributed by atoms with Gasteiger partial charge in [-0.2, -0.15) is 11.8 Å². The number of hydrogen-bond acceptors (Lipinski definition) is 2. The highest BCUT2D eigenvalue weighted by Crippen LogP contribution is 1.85. The van der Waals surface area contributed by atoms with Crippen molar-refractivity contribution in [2.24, 2.45) is 0 Å². The molecule has 0 fully saturated rings. The minimum Gasteiger partial charge on any atom is -0.396 e. The Morgan fingerprint density at radius 3 is 2.40 bits per heavy atom. The molecular weight excluding hydrogens is 85.1 g/mol. The maximum absolute atomic E-state index is 8.05. The number of rotatable bonds is 2. The van der Waals surface area contributed by atoms with E-state index in [2.05, 4.69) is 0 Å². The van der Waals surface area contributed by atoms with Crippen LogP contribution < -0.4 is 0 Å². The van der Waals surface area contributed by atoms with E-state index in [0.717, 1.165) is 5.75 Å². The van der Waals surface area contributed by atoms with Crippen molar-refractivity contribution < 1.29 is 5.11 Å². The summed E-state index contributed by atoms with van der Waals surface area (Å²) >= 11 is 1.65. The molecule has 0 aliphatic rings. The molecule has 0 radical (unpaired) electrons. The lowest BCUT2D eigenvalue weighted by atomic mass is 11.3. The predicted molar refractivity (Wildman–Crippen MR) is 25.5 cm³/mol. The lowest BCUT2D eigenvalue weighted by molar-refractivity contribution is 0.322. The summed E-state index contributed by atoms with van der Waals surface area (Å²) in [6.07, 6.45) is 1.97. The molecule has 0 heterocycles. The van der Waals surface area contributed by atoms with Crippen LogP contribution in [0.2, 0.25) is 0 Å². The maximum Gasteiger partial charge on any atom is 0.0521 e. The van der Waals surface area contributed by atoms with Crippen LogP contribution in [0.1, 0.15) is 0 Å². The SMILES string of the molecule is CSC[13CH2]O. The summed E-state index contributed by atoms with van der Waals surface area (Å²) in [7, 11) is 0. The summed E-state index contributed by atoms with van der Waals surface area (Å²) in [5.41, 5.74) is 0. The zero-order chi connectivity index (χ0) is 4.12. The Morgan fingerprint density at radius 1 is 1.80 bits per heavy atom. The number of thioether (sulfide) groups is 1. The van der Waals surface area contributed by atoms with Crippen LogP contribution >= 0.6 is 11.8 Å². The van der Waals surface area contributed by atoms with Crippen LogP contribution in [-0.2, 0) is 0 Å². The molecule has 1 nitrogen and oxygen atoms in total. The first kappa shape index (κ1) is 5.31. The van der Waals surface area contributed by atoms with Gasteiger partial charge in [0.05, 0.1) is 6.61 Å². The highest BCUT2D eigenvalue weighted by molar-refractivity contribution is 7.98. The Labute approximate surface area is 36.4 Å². The molecular formula is C3H8OS. The van der Waals surface area contributed by atoms with E-state index in [-0.39, 0.29) is 0 Å². The molecule has 0 spiro atoms. The van der Waals surface area contributed by atoms with Crippen LogP contribution in [0.4, 0.5) is 0 Å². The quantitative estimate of drug-likeness (QED) is 0.497. The van der Waals surface area contributed by atoms with Crippen molar-refractivity contribution in [2.45, 2.75) is 0 Å². The van der Waals surface area contributed by atoms with E-state index in [0.29, 0.717) is 6.61 Å². The van der Waals surface area contributed by atoms with Gasteiger partial charge in [0, 0.05) is 5.75 Å². The fraction of sp³-hybridized carbons (Fsp3) is 1.00. The van der Waals surface area contributed by atoms with Gasteiger partial charge >= 0.3 is 0 Å². The summed E-state index contributed by atoms with van der Waals surface area (Å²) in [6.45, 7) is 0.307. The van der Waals surface area contributed by atoms with Gasteiger partial charge in [-0.1, -0.05) is 0 Å². The minimum atomic E-state index is 0.307. The second-order valence-electron chi connectivity index (χ2n) is 0.716. The van der Waals surface area contributed by atoms with Gasteiger partial charge in [0.2, 0.25) is 0 Å². The third kappa shape index (κ3) is 4.31. The smallest absolute Gasteiger partial charge is 0.0521 e. The van der Waals surface area contributed by atoms with Gasteiger partial charge in [0.25, 0.3) is 0 Å². The van der Waals surface area contributed by atoms with Gasteiger partial charge in [-0.25, -0.2) is 0 Å². The largest absolute Gasteiger partial charge is 0.396 e. The molecule has 0 bridgehead atoms. The van der Waals surface area contributed by atoms with Crippen LogP contribution in [0.3, 0.4) is 0 Å². The first-order chi connectivity index (χ1) is 2.41. The molecule has 0 atom stereocenters. The third-order valence-electron chi connectivity index (χ3n) is 0.295. The molecule has 1 N–H and O–H groups in total. The van der Waals surface area contributed by atoms with Crippen molar-refractivity contribution in [2.75, 3.05) is 18.6 Å². The van der Waals surface area contributed by atoms with Gasteiger partial charge in [0.15, 0.2) is 0 Å². The van der Waals surface area contributed by atoms with Crippen LogP contribution in [-0.4, -0.2) is 23.7 Å². The molecule has 32 valence electrons. The van der Waals surface area contributed by atoms with E-state index >= 15 is 0 Å². The van der Waals surface area contributed by atoms with Crippen molar-refractivity contribution in [1.82, 2.24) is 0 Å². The first-order valence-electron chi connectivity index (χ1n) is 1.51. The Morgan fingerprint density at radius 2 is 2.40 bits per heavy atom. The van der Waals surface area contributed by atoms with E-state index in [4.69, 9.17) is 5.11 Å². The molecule has 0 saturated carbocycles. The molecule has 0 aliphatic carbocycles. The zero-order valence-corrected chi connectivity index (χ0v) is 4.09. The second kappa shape index (κ2) is 4.31. The molecule has 0 aliphatic heterocycles. The Kier molecular flexibility index (Phi) is 4.58. The molecule has 0 amide bonds. The number of aliphatic hydroxyl groups excluding tert-OH is 1. The lowest BCUT2D eigenvalue weighted by Gasteiger charge is -1.80. The van der Waals surface area contributed by atoms with Crippen molar-refractivity contribution >= 4 is 11.8 Å². The van der Waals surface area contributed by atoms with Crippen LogP contribution in [0.5, 0.6) is 0 Å².